The van der Waals surface area contributed by atoms with E-state index < -0.39 is 0 Å². The maximum Gasteiger partial charge on any atom is 0.291 e. The fourth-order valence-electron chi connectivity index (χ4n) is 1.77. The summed E-state index contributed by atoms with van der Waals surface area (Å²) in [5, 5.41) is 12.1. The van der Waals surface area contributed by atoms with Crippen LogP contribution in [0.4, 0.5) is 5.69 Å². The number of benzene rings is 1. The normalized spacial score (nSPS) is 10.3. The van der Waals surface area contributed by atoms with Gasteiger partial charge in [0.05, 0.1) is 18.1 Å². The Kier molecular flexibility index (Phi) is 3.30. The van der Waals surface area contributed by atoms with Gasteiger partial charge >= 0.3 is 0 Å². The van der Waals surface area contributed by atoms with Crippen molar-refractivity contribution in [1.29, 1.82) is 0 Å². The molecule has 7 heteroatoms. The number of carbonyl (C=O) groups excluding carboxylic acids is 1. The second kappa shape index (κ2) is 5.41. The van der Waals surface area contributed by atoms with E-state index in [9.17, 15) is 9.90 Å². The zero-order valence-corrected chi connectivity index (χ0v) is 10.8. The molecule has 0 radical (unpaired) electrons. The fraction of sp³-hybridized carbons (Fsp3) is 0. The first kappa shape index (κ1) is 12.8. The Hall–Kier alpha value is -3.22. The Morgan fingerprint density at radius 2 is 2.00 bits per heavy atom. The first-order valence-corrected chi connectivity index (χ1v) is 6.14. The maximum atomic E-state index is 11.8. The summed E-state index contributed by atoms with van der Waals surface area (Å²) in [6, 6.07) is 6.63. The highest BCUT2D eigenvalue weighted by molar-refractivity contribution is 6.01. The summed E-state index contributed by atoms with van der Waals surface area (Å²) in [7, 11) is 0. The van der Waals surface area contributed by atoms with Crippen LogP contribution in [-0.4, -0.2) is 30.9 Å². The number of phenols is 1. The van der Waals surface area contributed by atoms with Crippen LogP contribution in [0.15, 0.2) is 49.1 Å². The van der Waals surface area contributed by atoms with Crippen LogP contribution in [0.25, 0.3) is 11.4 Å². The smallest absolute Gasteiger partial charge is 0.291 e. The minimum atomic E-state index is -0.367. The van der Waals surface area contributed by atoms with Gasteiger partial charge in [0, 0.05) is 18.0 Å². The zero-order valence-electron chi connectivity index (χ0n) is 10.8. The van der Waals surface area contributed by atoms with Crippen molar-refractivity contribution in [3.05, 3.63) is 54.9 Å². The van der Waals surface area contributed by atoms with E-state index in [0.29, 0.717) is 17.1 Å². The van der Waals surface area contributed by atoms with Gasteiger partial charge in [-0.3, -0.25) is 4.79 Å². The van der Waals surface area contributed by atoms with Crippen molar-refractivity contribution in [3.8, 4) is 17.1 Å². The van der Waals surface area contributed by atoms with Crippen LogP contribution >= 0.6 is 0 Å². The van der Waals surface area contributed by atoms with Crippen molar-refractivity contribution in [2.75, 3.05) is 5.32 Å². The second-order valence-electron chi connectivity index (χ2n) is 4.24. The van der Waals surface area contributed by atoms with Crippen molar-refractivity contribution in [3.63, 3.8) is 0 Å². The van der Waals surface area contributed by atoms with Crippen LogP contribution in [0.2, 0.25) is 0 Å². The lowest BCUT2D eigenvalue weighted by Gasteiger charge is -2.04. The predicted octanol–water partition coefficient (Wildman–Crippen LogP) is 1.82. The summed E-state index contributed by atoms with van der Waals surface area (Å²) in [5.74, 6) is 0.453. The number of phenolic OH excluding ortho intramolecular Hbond substituents is 1. The highest BCUT2D eigenvalue weighted by Gasteiger charge is 2.09. The van der Waals surface area contributed by atoms with Gasteiger partial charge < -0.3 is 15.4 Å². The molecule has 1 aromatic carbocycles. The van der Waals surface area contributed by atoms with Gasteiger partial charge in [0.25, 0.3) is 5.91 Å². The SMILES string of the molecule is O=C(Nc1cnc(-c2cccc(O)c2)nc1)c1ncc[nH]1. The summed E-state index contributed by atoms with van der Waals surface area (Å²) < 4.78 is 0. The van der Waals surface area contributed by atoms with Crippen molar-refractivity contribution in [1.82, 2.24) is 19.9 Å². The molecule has 0 unspecified atom stereocenters. The number of carbonyl (C=O) groups is 1. The summed E-state index contributed by atoms with van der Waals surface area (Å²) >= 11 is 0. The number of aromatic hydroxyl groups is 1. The number of anilines is 1. The number of amides is 1. The third-order valence-corrected chi connectivity index (χ3v) is 2.73. The predicted molar refractivity (Wildman–Crippen MR) is 75.7 cm³/mol. The minimum absolute atomic E-state index is 0.145. The van der Waals surface area contributed by atoms with Crippen LogP contribution in [0.5, 0.6) is 5.75 Å². The Labute approximate surface area is 119 Å². The molecule has 0 saturated carbocycles. The summed E-state index contributed by atoms with van der Waals surface area (Å²) in [6.45, 7) is 0. The maximum absolute atomic E-state index is 11.8. The number of hydrogen-bond donors (Lipinski definition) is 3. The minimum Gasteiger partial charge on any atom is -0.508 e. The molecule has 7 nitrogen and oxygen atoms in total. The first-order chi connectivity index (χ1) is 10.2. The van der Waals surface area contributed by atoms with Crippen LogP contribution in [0.1, 0.15) is 10.6 Å². The summed E-state index contributed by atoms with van der Waals surface area (Å²) in [4.78, 5) is 26.7. The van der Waals surface area contributed by atoms with Gasteiger partial charge in [-0.25, -0.2) is 15.0 Å². The lowest BCUT2D eigenvalue weighted by molar-refractivity contribution is 0.101. The number of imidazole rings is 1. The molecule has 0 bridgehead atoms. The topological polar surface area (TPSA) is 104 Å². The molecule has 0 aliphatic heterocycles. The summed E-state index contributed by atoms with van der Waals surface area (Å²) in [5.41, 5.74) is 1.15. The van der Waals surface area contributed by atoms with Gasteiger partial charge in [0.1, 0.15) is 5.75 Å². The van der Waals surface area contributed by atoms with Gasteiger partial charge in [-0.2, -0.15) is 0 Å². The molecule has 3 aromatic rings. The number of nitrogens with one attached hydrogen (secondary N) is 2. The average molecular weight is 281 g/mol. The zero-order chi connectivity index (χ0) is 14.7. The molecule has 0 aliphatic rings. The van der Waals surface area contributed by atoms with Crippen molar-refractivity contribution in [2.45, 2.75) is 0 Å². The molecule has 1 amide bonds. The summed E-state index contributed by atoms with van der Waals surface area (Å²) in [6.07, 6.45) is 6.05. The average Bonchev–Trinajstić information content (AvgIpc) is 3.02. The molecule has 3 N–H and O–H groups in total. The highest BCUT2D eigenvalue weighted by Crippen LogP contribution is 2.20. The van der Waals surface area contributed by atoms with Gasteiger partial charge in [0.15, 0.2) is 11.6 Å². The Morgan fingerprint density at radius 3 is 2.67 bits per heavy atom. The number of aromatic nitrogens is 4. The number of H-pyrrole nitrogens is 1. The number of aromatic amines is 1. The lowest BCUT2D eigenvalue weighted by atomic mass is 10.2. The van der Waals surface area contributed by atoms with Gasteiger partial charge in [-0.1, -0.05) is 12.1 Å². The van der Waals surface area contributed by atoms with E-state index in [1.54, 1.807) is 30.5 Å². The Balaban J connectivity index is 1.77. The molecule has 0 atom stereocenters. The molecule has 0 aliphatic carbocycles. The van der Waals surface area contributed by atoms with E-state index in [1.807, 2.05) is 0 Å². The van der Waals surface area contributed by atoms with E-state index in [2.05, 4.69) is 25.3 Å². The molecule has 104 valence electrons. The molecule has 0 fully saturated rings. The van der Waals surface area contributed by atoms with E-state index in [1.165, 1.54) is 18.6 Å². The molecule has 2 heterocycles. The Morgan fingerprint density at radius 1 is 1.19 bits per heavy atom. The molecular weight excluding hydrogens is 270 g/mol. The third-order valence-electron chi connectivity index (χ3n) is 2.73. The molecular formula is C14H11N5O2. The second-order valence-corrected chi connectivity index (χ2v) is 4.24. The third kappa shape index (κ3) is 2.86. The van der Waals surface area contributed by atoms with E-state index in [0.717, 1.165) is 0 Å². The molecule has 2 aromatic heterocycles. The standard InChI is InChI=1S/C14H11N5O2/c20-11-3-1-2-9(6-11)12-17-7-10(8-18-12)19-14(21)13-15-4-5-16-13/h1-8,20H,(H,15,16)(H,19,21). The first-order valence-electron chi connectivity index (χ1n) is 6.14. The molecule has 3 rings (SSSR count). The van der Waals surface area contributed by atoms with E-state index in [4.69, 9.17) is 0 Å². The number of nitrogens with zero attached hydrogens (tertiary/aromatic N) is 3. The van der Waals surface area contributed by atoms with Crippen molar-refractivity contribution in [2.24, 2.45) is 0 Å². The highest BCUT2D eigenvalue weighted by atomic mass is 16.3. The molecule has 0 saturated heterocycles. The van der Waals surface area contributed by atoms with Crippen LogP contribution in [0.3, 0.4) is 0 Å². The largest absolute Gasteiger partial charge is 0.508 e. The molecule has 0 spiro atoms. The lowest BCUT2D eigenvalue weighted by Crippen LogP contribution is -2.14. The van der Waals surface area contributed by atoms with Crippen LogP contribution in [-0.2, 0) is 0 Å². The van der Waals surface area contributed by atoms with E-state index in [-0.39, 0.29) is 17.5 Å². The van der Waals surface area contributed by atoms with Crippen LogP contribution < -0.4 is 5.32 Å². The van der Waals surface area contributed by atoms with Gasteiger partial charge in [-0.05, 0) is 12.1 Å². The number of rotatable bonds is 3. The van der Waals surface area contributed by atoms with Crippen molar-refractivity contribution < 1.29 is 9.90 Å². The van der Waals surface area contributed by atoms with Gasteiger partial charge in [0.2, 0.25) is 0 Å². The molecule has 21 heavy (non-hydrogen) atoms. The van der Waals surface area contributed by atoms with E-state index >= 15 is 0 Å². The van der Waals surface area contributed by atoms with Crippen molar-refractivity contribution >= 4 is 11.6 Å². The Bertz CT molecular complexity index is 753. The fourth-order valence-corrected chi connectivity index (χ4v) is 1.77. The van der Waals surface area contributed by atoms with Crippen LogP contribution in [0, 0.1) is 0 Å². The number of hydrogen-bond acceptors (Lipinski definition) is 5. The van der Waals surface area contributed by atoms with Gasteiger partial charge in [-0.15, -0.1) is 0 Å². The quantitative estimate of drug-likeness (QED) is 0.679. The monoisotopic (exact) mass is 281 g/mol.